The summed E-state index contributed by atoms with van der Waals surface area (Å²) in [5.74, 6) is 0.703. The van der Waals surface area contributed by atoms with Crippen molar-refractivity contribution in [3.05, 3.63) is 29.8 Å². The average molecular weight is 325 g/mol. The third kappa shape index (κ3) is 5.20. The number of amides is 1. The lowest BCUT2D eigenvalue weighted by atomic mass is 9.70. The summed E-state index contributed by atoms with van der Waals surface area (Å²) in [7, 11) is 0. The number of benzene rings is 1. The molecule has 0 bridgehead atoms. The molecule has 1 fully saturated rings. The number of aryl methyl sites for hydroxylation is 1. The van der Waals surface area contributed by atoms with Gasteiger partial charge in [-0.3, -0.25) is 4.79 Å². The van der Waals surface area contributed by atoms with Crippen LogP contribution in [0.4, 0.5) is 5.69 Å². The summed E-state index contributed by atoms with van der Waals surface area (Å²) in [4.78, 5) is 12.2. The van der Waals surface area contributed by atoms with Crippen molar-refractivity contribution in [2.24, 2.45) is 11.3 Å². The summed E-state index contributed by atoms with van der Waals surface area (Å²) >= 11 is 0. The molecule has 1 aromatic carbocycles. The minimum atomic E-state index is 0. The monoisotopic (exact) mass is 324 g/mol. The number of carbonyl (C=O) groups is 1. The van der Waals surface area contributed by atoms with E-state index in [0.717, 1.165) is 17.7 Å². The average Bonchev–Trinajstić information content (AvgIpc) is 2.40. The molecule has 1 aliphatic carbocycles. The fraction of sp³-hybridized carbons (Fsp3) is 0.611. The molecule has 0 aromatic heterocycles. The number of halogens is 1. The number of para-hydroxylation sites is 1. The second-order valence-electron chi connectivity index (χ2n) is 7.26. The Bertz CT molecular complexity index is 502. The third-order valence-electron chi connectivity index (χ3n) is 4.72. The highest BCUT2D eigenvalue weighted by Crippen LogP contribution is 2.38. The number of hydrogen-bond donors (Lipinski definition) is 2. The van der Waals surface area contributed by atoms with Crippen molar-refractivity contribution in [1.29, 1.82) is 0 Å². The van der Waals surface area contributed by atoms with Gasteiger partial charge >= 0.3 is 0 Å². The Morgan fingerprint density at radius 1 is 1.36 bits per heavy atom. The number of carbonyl (C=O) groups excluding carboxylic acids is 1. The highest BCUT2D eigenvalue weighted by molar-refractivity contribution is 5.85. The van der Waals surface area contributed by atoms with Crippen LogP contribution >= 0.6 is 12.4 Å². The number of rotatable bonds is 4. The van der Waals surface area contributed by atoms with Crippen molar-refractivity contribution in [2.45, 2.75) is 58.9 Å². The summed E-state index contributed by atoms with van der Waals surface area (Å²) in [5.41, 5.74) is 8.16. The van der Waals surface area contributed by atoms with Gasteiger partial charge in [0.25, 0.3) is 0 Å². The highest BCUT2D eigenvalue weighted by atomic mass is 35.5. The molecule has 0 aliphatic heterocycles. The van der Waals surface area contributed by atoms with E-state index in [0.29, 0.717) is 30.2 Å². The Morgan fingerprint density at radius 3 is 2.68 bits per heavy atom. The zero-order chi connectivity index (χ0) is 15.5. The molecule has 0 spiro atoms. The minimum Gasteiger partial charge on any atom is -0.399 e. The fourth-order valence-corrected chi connectivity index (χ4v) is 3.45. The number of nitrogens with two attached hydrogens (primary N) is 1. The lowest BCUT2D eigenvalue weighted by molar-refractivity contribution is -0.122. The van der Waals surface area contributed by atoms with E-state index in [9.17, 15) is 4.79 Å². The number of anilines is 1. The van der Waals surface area contributed by atoms with Crippen LogP contribution in [0, 0.1) is 11.3 Å². The van der Waals surface area contributed by atoms with Gasteiger partial charge in [-0.1, -0.05) is 39.0 Å². The van der Waals surface area contributed by atoms with Gasteiger partial charge < -0.3 is 11.1 Å². The fourth-order valence-electron chi connectivity index (χ4n) is 3.45. The van der Waals surface area contributed by atoms with Crippen LogP contribution in [0.1, 0.15) is 52.0 Å². The lowest BCUT2D eigenvalue weighted by Crippen LogP contribution is -2.44. The molecular weight excluding hydrogens is 296 g/mol. The minimum absolute atomic E-state index is 0. The molecule has 3 nitrogen and oxygen atoms in total. The summed E-state index contributed by atoms with van der Waals surface area (Å²) < 4.78 is 0. The Labute approximate surface area is 140 Å². The normalized spacial score (nSPS) is 23.4. The molecular formula is C18H29ClN2O. The van der Waals surface area contributed by atoms with Crippen molar-refractivity contribution in [2.75, 3.05) is 5.73 Å². The molecule has 0 heterocycles. The van der Waals surface area contributed by atoms with Gasteiger partial charge in [0.05, 0.1) is 0 Å². The Hall–Kier alpha value is -1.22. The van der Waals surface area contributed by atoms with Crippen LogP contribution in [0.2, 0.25) is 0 Å². The highest BCUT2D eigenvalue weighted by Gasteiger charge is 2.32. The molecule has 124 valence electrons. The van der Waals surface area contributed by atoms with Gasteiger partial charge in [-0.25, -0.2) is 0 Å². The summed E-state index contributed by atoms with van der Waals surface area (Å²) in [6.45, 7) is 6.89. The molecule has 22 heavy (non-hydrogen) atoms. The van der Waals surface area contributed by atoms with Gasteiger partial charge in [-0.15, -0.1) is 12.4 Å². The van der Waals surface area contributed by atoms with Crippen molar-refractivity contribution >= 4 is 24.0 Å². The predicted octanol–water partition coefficient (Wildman–Crippen LogP) is 3.95. The van der Waals surface area contributed by atoms with Crippen molar-refractivity contribution in [1.82, 2.24) is 5.32 Å². The van der Waals surface area contributed by atoms with Crippen LogP contribution < -0.4 is 11.1 Å². The van der Waals surface area contributed by atoms with E-state index in [1.165, 1.54) is 12.8 Å². The maximum Gasteiger partial charge on any atom is 0.220 e. The zero-order valence-electron chi connectivity index (χ0n) is 13.9. The van der Waals surface area contributed by atoms with Crippen LogP contribution in [0.5, 0.6) is 0 Å². The van der Waals surface area contributed by atoms with Crippen LogP contribution in [-0.2, 0) is 11.2 Å². The van der Waals surface area contributed by atoms with E-state index in [1.54, 1.807) is 0 Å². The first kappa shape index (κ1) is 18.8. The smallest absolute Gasteiger partial charge is 0.220 e. The molecule has 4 heteroatoms. The standard InChI is InChI=1S/C18H28N2O.ClH/c1-13-12-18(2,3)11-10-16(13)20-17(21)9-8-14-6-4-5-7-15(14)19;/h4-7,13,16H,8-12,19H2,1-3H3,(H,20,21);1H. The first-order valence-electron chi connectivity index (χ1n) is 8.00. The Kier molecular flexibility index (Phi) is 6.73. The summed E-state index contributed by atoms with van der Waals surface area (Å²) in [5, 5.41) is 3.22. The van der Waals surface area contributed by atoms with Crippen molar-refractivity contribution in [3.8, 4) is 0 Å². The van der Waals surface area contributed by atoms with Gasteiger partial charge in [0.1, 0.15) is 0 Å². The van der Waals surface area contributed by atoms with E-state index in [-0.39, 0.29) is 18.3 Å². The van der Waals surface area contributed by atoms with E-state index in [2.05, 4.69) is 26.1 Å². The second kappa shape index (κ2) is 7.87. The molecule has 3 N–H and O–H groups in total. The van der Waals surface area contributed by atoms with E-state index in [1.807, 2.05) is 24.3 Å². The Balaban J connectivity index is 0.00000242. The van der Waals surface area contributed by atoms with Gasteiger partial charge in [0.2, 0.25) is 5.91 Å². The van der Waals surface area contributed by atoms with Gasteiger partial charge in [0.15, 0.2) is 0 Å². The summed E-state index contributed by atoms with van der Waals surface area (Å²) in [6, 6.07) is 8.10. The molecule has 1 aromatic rings. The lowest BCUT2D eigenvalue weighted by Gasteiger charge is -2.39. The molecule has 1 aliphatic rings. The molecule has 2 atom stereocenters. The number of nitrogen functional groups attached to an aromatic ring is 1. The molecule has 0 radical (unpaired) electrons. The SMILES string of the molecule is CC1CC(C)(C)CCC1NC(=O)CCc1ccccc1N.Cl. The molecule has 2 unspecified atom stereocenters. The maximum atomic E-state index is 12.2. The van der Waals surface area contributed by atoms with Crippen LogP contribution in [0.3, 0.4) is 0 Å². The van der Waals surface area contributed by atoms with Crippen molar-refractivity contribution < 1.29 is 4.79 Å². The molecule has 1 saturated carbocycles. The van der Waals surface area contributed by atoms with Gasteiger partial charge in [-0.05, 0) is 48.6 Å². The maximum absolute atomic E-state index is 12.2. The van der Waals surface area contributed by atoms with E-state index >= 15 is 0 Å². The van der Waals surface area contributed by atoms with Crippen LogP contribution in [-0.4, -0.2) is 11.9 Å². The molecule has 2 rings (SSSR count). The number of hydrogen-bond acceptors (Lipinski definition) is 2. The Morgan fingerprint density at radius 2 is 2.05 bits per heavy atom. The van der Waals surface area contributed by atoms with E-state index < -0.39 is 0 Å². The molecule has 1 amide bonds. The zero-order valence-corrected chi connectivity index (χ0v) is 14.7. The first-order chi connectivity index (χ1) is 9.87. The quantitative estimate of drug-likeness (QED) is 0.824. The van der Waals surface area contributed by atoms with Crippen LogP contribution in [0.25, 0.3) is 0 Å². The van der Waals surface area contributed by atoms with Gasteiger partial charge in [0, 0.05) is 18.2 Å². The van der Waals surface area contributed by atoms with Gasteiger partial charge in [-0.2, -0.15) is 0 Å². The molecule has 0 saturated heterocycles. The second-order valence-corrected chi connectivity index (χ2v) is 7.26. The van der Waals surface area contributed by atoms with Crippen LogP contribution in [0.15, 0.2) is 24.3 Å². The summed E-state index contributed by atoms with van der Waals surface area (Å²) in [6.07, 6.45) is 4.69. The topological polar surface area (TPSA) is 55.1 Å². The third-order valence-corrected chi connectivity index (χ3v) is 4.72. The first-order valence-corrected chi connectivity index (χ1v) is 8.00. The van der Waals surface area contributed by atoms with Crippen molar-refractivity contribution in [3.63, 3.8) is 0 Å². The van der Waals surface area contributed by atoms with E-state index in [4.69, 9.17) is 5.73 Å². The number of nitrogens with one attached hydrogen (secondary N) is 1. The largest absolute Gasteiger partial charge is 0.399 e. The predicted molar refractivity (Wildman–Crippen MR) is 95.2 cm³/mol.